The van der Waals surface area contributed by atoms with Gasteiger partial charge in [-0.2, -0.15) is 0 Å². The summed E-state index contributed by atoms with van der Waals surface area (Å²) in [6.07, 6.45) is 0. The number of aryl methyl sites for hydroxylation is 2. The smallest absolute Gasteiger partial charge is 0.339 e. The summed E-state index contributed by atoms with van der Waals surface area (Å²) >= 11 is 0. The summed E-state index contributed by atoms with van der Waals surface area (Å²) in [5.74, 6) is 0.0277. The van der Waals surface area contributed by atoms with Gasteiger partial charge in [-0.25, -0.2) is 9.78 Å². The number of carboxylic acids is 1. The van der Waals surface area contributed by atoms with Gasteiger partial charge < -0.3 is 15.2 Å². The number of anilines is 2. The molecule has 2 aromatic rings. The second-order valence-corrected chi connectivity index (χ2v) is 4.47. The SMILES string of the molecule is COc1cccc(Nc2nc(C)cc(C)c2C(=O)O)c1. The molecule has 0 fully saturated rings. The highest BCUT2D eigenvalue weighted by Gasteiger charge is 2.15. The van der Waals surface area contributed by atoms with Gasteiger partial charge in [0, 0.05) is 17.4 Å². The van der Waals surface area contributed by atoms with Crippen molar-refractivity contribution < 1.29 is 14.6 Å². The molecule has 0 spiro atoms. The standard InChI is InChI=1S/C15H16N2O3/c1-9-7-10(2)16-14(13(9)15(18)19)17-11-5-4-6-12(8-11)20-3/h4-8H,1-3H3,(H,16,17)(H,18,19). The van der Waals surface area contributed by atoms with Crippen molar-refractivity contribution in [2.45, 2.75) is 13.8 Å². The van der Waals surface area contributed by atoms with Crippen LogP contribution in [0.5, 0.6) is 5.75 Å². The number of hydrogen-bond acceptors (Lipinski definition) is 4. The maximum absolute atomic E-state index is 11.4. The zero-order chi connectivity index (χ0) is 14.7. The minimum absolute atomic E-state index is 0.179. The van der Waals surface area contributed by atoms with Gasteiger partial charge in [-0.1, -0.05) is 6.07 Å². The number of aromatic carboxylic acids is 1. The first-order chi connectivity index (χ1) is 9.51. The molecule has 1 aromatic heterocycles. The minimum atomic E-state index is -1.000. The zero-order valence-corrected chi connectivity index (χ0v) is 11.6. The summed E-state index contributed by atoms with van der Waals surface area (Å²) in [7, 11) is 1.58. The highest BCUT2D eigenvalue weighted by molar-refractivity contribution is 5.95. The first kappa shape index (κ1) is 13.9. The molecule has 0 aliphatic carbocycles. The molecule has 2 rings (SSSR count). The summed E-state index contributed by atoms with van der Waals surface area (Å²) in [6.45, 7) is 3.59. The van der Waals surface area contributed by atoms with E-state index in [2.05, 4.69) is 10.3 Å². The van der Waals surface area contributed by atoms with Crippen molar-refractivity contribution in [1.82, 2.24) is 4.98 Å². The van der Waals surface area contributed by atoms with Crippen LogP contribution < -0.4 is 10.1 Å². The minimum Gasteiger partial charge on any atom is -0.497 e. The van der Waals surface area contributed by atoms with Crippen LogP contribution >= 0.6 is 0 Å². The molecule has 2 N–H and O–H groups in total. The zero-order valence-electron chi connectivity index (χ0n) is 11.6. The summed E-state index contributed by atoms with van der Waals surface area (Å²) in [5, 5.41) is 12.3. The van der Waals surface area contributed by atoms with E-state index in [0.29, 0.717) is 17.1 Å². The van der Waals surface area contributed by atoms with E-state index in [0.717, 1.165) is 11.4 Å². The number of carbonyl (C=O) groups is 1. The number of nitrogens with zero attached hydrogens (tertiary/aromatic N) is 1. The third-order valence-corrected chi connectivity index (χ3v) is 2.89. The number of ether oxygens (including phenoxy) is 1. The lowest BCUT2D eigenvalue weighted by molar-refractivity contribution is 0.0697. The molecule has 0 bridgehead atoms. The number of benzene rings is 1. The highest BCUT2D eigenvalue weighted by atomic mass is 16.5. The van der Waals surface area contributed by atoms with Crippen LogP contribution in [-0.4, -0.2) is 23.2 Å². The Morgan fingerprint density at radius 1 is 1.30 bits per heavy atom. The van der Waals surface area contributed by atoms with Gasteiger partial charge in [-0.3, -0.25) is 0 Å². The molecule has 104 valence electrons. The third-order valence-electron chi connectivity index (χ3n) is 2.89. The Morgan fingerprint density at radius 3 is 2.70 bits per heavy atom. The maximum atomic E-state index is 11.4. The van der Waals surface area contributed by atoms with Crippen molar-refractivity contribution >= 4 is 17.5 Å². The second kappa shape index (κ2) is 5.61. The van der Waals surface area contributed by atoms with Crippen molar-refractivity contribution in [3.63, 3.8) is 0 Å². The number of pyridine rings is 1. The van der Waals surface area contributed by atoms with Gasteiger partial charge in [-0.15, -0.1) is 0 Å². The Balaban J connectivity index is 2.44. The van der Waals surface area contributed by atoms with Crippen LogP contribution in [-0.2, 0) is 0 Å². The number of aromatic nitrogens is 1. The molecule has 0 amide bonds. The van der Waals surface area contributed by atoms with Gasteiger partial charge >= 0.3 is 5.97 Å². The first-order valence-corrected chi connectivity index (χ1v) is 6.14. The molecular formula is C15H16N2O3. The van der Waals surface area contributed by atoms with Crippen LogP contribution in [0.3, 0.4) is 0 Å². The van der Waals surface area contributed by atoms with E-state index in [1.807, 2.05) is 25.1 Å². The lowest BCUT2D eigenvalue weighted by Crippen LogP contribution is -2.08. The molecular weight excluding hydrogens is 256 g/mol. The van der Waals surface area contributed by atoms with E-state index in [1.54, 1.807) is 26.2 Å². The highest BCUT2D eigenvalue weighted by Crippen LogP contribution is 2.25. The summed E-state index contributed by atoms with van der Waals surface area (Å²) < 4.78 is 5.14. The molecule has 0 saturated heterocycles. The van der Waals surface area contributed by atoms with Gasteiger partial charge in [0.05, 0.1) is 7.11 Å². The average Bonchev–Trinajstić information content (AvgIpc) is 2.37. The monoisotopic (exact) mass is 272 g/mol. The molecule has 0 aliphatic heterocycles. The van der Waals surface area contributed by atoms with E-state index in [4.69, 9.17) is 4.74 Å². The van der Waals surface area contributed by atoms with E-state index in [1.165, 1.54) is 0 Å². The fraction of sp³-hybridized carbons (Fsp3) is 0.200. The molecule has 0 atom stereocenters. The molecule has 0 aliphatic rings. The molecule has 5 heteroatoms. The van der Waals surface area contributed by atoms with Crippen molar-refractivity contribution in [3.8, 4) is 5.75 Å². The van der Waals surface area contributed by atoms with Crippen LogP contribution in [0.15, 0.2) is 30.3 Å². The molecule has 1 aromatic carbocycles. The molecule has 0 radical (unpaired) electrons. The fourth-order valence-corrected chi connectivity index (χ4v) is 2.03. The fourth-order valence-electron chi connectivity index (χ4n) is 2.03. The lowest BCUT2D eigenvalue weighted by atomic mass is 10.1. The van der Waals surface area contributed by atoms with Crippen LogP contribution in [0, 0.1) is 13.8 Å². The van der Waals surface area contributed by atoms with Crippen molar-refractivity contribution in [3.05, 3.63) is 47.2 Å². The van der Waals surface area contributed by atoms with Gasteiger partial charge in [0.25, 0.3) is 0 Å². The Kier molecular flexibility index (Phi) is 3.89. The second-order valence-electron chi connectivity index (χ2n) is 4.47. The lowest BCUT2D eigenvalue weighted by Gasteiger charge is -2.12. The average molecular weight is 272 g/mol. The van der Waals surface area contributed by atoms with Gasteiger partial charge in [-0.05, 0) is 37.6 Å². The largest absolute Gasteiger partial charge is 0.497 e. The molecule has 5 nitrogen and oxygen atoms in total. The quantitative estimate of drug-likeness (QED) is 0.894. The predicted octanol–water partition coefficient (Wildman–Crippen LogP) is 3.15. The number of rotatable bonds is 4. The third kappa shape index (κ3) is 2.88. The van der Waals surface area contributed by atoms with Crippen LogP contribution in [0.1, 0.15) is 21.6 Å². The topological polar surface area (TPSA) is 71.5 Å². The van der Waals surface area contributed by atoms with Crippen molar-refractivity contribution in [1.29, 1.82) is 0 Å². The first-order valence-electron chi connectivity index (χ1n) is 6.14. The van der Waals surface area contributed by atoms with Crippen LogP contribution in [0.4, 0.5) is 11.5 Å². The molecule has 0 unspecified atom stereocenters. The van der Waals surface area contributed by atoms with Gasteiger partial charge in [0.1, 0.15) is 17.1 Å². The predicted molar refractivity (Wildman–Crippen MR) is 76.9 cm³/mol. The summed E-state index contributed by atoms with van der Waals surface area (Å²) in [6, 6.07) is 9.00. The van der Waals surface area contributed by atoms with E-state index >= 15 is 0 Å². The van der Waals surface area contributed by atoms with E-state index in [-0.39, 0.29) is 5.56 Å². The number of nitrogens with one attached hydrogen (secondary N) is 1. The molecule has 0 saturated carbocycles. The Morgan fingerprint density at radius 2 is 2.05 bits per heavy atom. The van der Waals surface area contributed by atoms with Gasteiger partial charge in [0.2, 0.25) is 0 Å². The Labute approximate surface area is 117 Å². The van der Waals surface area contributed by atoms with Gasteiger partial charge in [0.15, 0.2) is 0 Å². The Hall–Kier alpha value is -2.56. The maximum Gasteiger partial charge on any atom is 0.339 e. The number of hydrogen-bond donors (Lipinski definition) is 2. The Bertz CT molecular complexity index is 654. The van der Waals surface area contributed by atoms with Crippen LogP contribution in [0.25, 0.3) is 0 Å². The summed E-state index contributed by atoms with van der Waals surface area (Å²) in [5.41, 5.74) is 2.34. The van der Waals surface area contributed by atoms with Crippen molar-refractivity contribution in [2.24, 2.45) is 0 Å². The van der Waals surface area contributed by atoms with E-state index in [9.17, 15) is 9.90 Å². The summed E-state index contributed by atoms with van der Waals surface area (Å²) in [4.78, 5) is 15.6. The molecule has 20 heavy (non-hydrogen) atoms. The normalized spacial score (nSPS) is 10.2. The number of methoxy groups -OCH3 is 1. The molecule has 1 heterocycles. The van der Waals surface area contributed by atoms with Crippen LogP contribution in [0.2, 0.25) is 0 Å². The van der Waals surface area contributed by atoms with Crippen molar-refractivity contribution in [2.75, 3.05) is 12.4 Å². The number of carboxylic acid groups (broad SMARTS) is 1. The van der Waals surface area contributed by atoms with E-state index < -0.39 is 5.97 Å².